The van der Waals surface area contributed by atoms with Crippen LogP contribution in [0.1, 0.15) is 0 Å². The lowest BCUT2D eigenvalue weighted by Crippen LogP contribution is -2.43. The Morgan fingerprint density at radius 3 is 2.15 bits per heavy atom. The van der Waals surface area contributed by atoms with E-state index in [0.29, 0.717) is 4.90 Å². The summed E-state index contributed by atoms with van der Waals surface area (Å²) in [4.78, 5) is 57.5. The van der Waals surface area contributed by atoms with E-state index in [-0.39, 0.29) is 0 Å². The maximum absolute atomic E-state index is 11.8. The maximum atomic E-state index is 11.8. The molecule has 0 unspecified atom stereocenters. The summed E-state index contributed by atoms with van der Waals surface area (Å²) in [5, 5.41) is 17.2. The van der Waals surface area contributed by atoms with Crippen molar-refractivity contribution in [2.24, 2.45) is 0 Å². The Kier molecular flexibility index (Phi) is 4.78. The van der Waals surface area contributed by atoms with E-state index < -0.39 is 48.7 Å². The number of carboxylic acids is 2. The Balaban J connectivity index is 2.89. The summed E-state index contributed by atoms with van der Waals surface area (Å²) in [6.45, 7) is -2.18. The van der Waals surface area contributed by atoms with Crippen molar-refractivity contribution in [1.82, 2.24) is 14.5 Å². The van der Waals surface area contributed by atoms with Crippen molar-refractivity contribution < 1.29 is 24.6 Å². The summed E-state index contributed by atoms with van der Waals surface area (Å²) < 4.78 is 0.834. The maximum Gasteiger partial charge on any atom is 0.328 e. The monoisotopic (exact) mass is 285 g/mol. The lowest BCUT2D eigenvalue weighted by atomic mass is 10.4. The van der Waals surface area contributed by atoms with Gasteiger partial charge in [0.15, 0.2) is 0 Å². The molecule has 0 aliphatic heterocycles. The molecule has 0 aliphatic carbocycles. The molecule has 1 heterocycles. The number of aliphatic carboxylic acids is 2. The smallest absolute Gasteiger partial charge is 0.328 e. The highest BCUT2D eigenvalue weighted by Gasteiger charge is 2.20. The Bertz CT molecular complexity index is 629. The largest absolute Gasteiger partial charge is 0.480 e. The average Bonchev–Trinajstić information content (AvgIpc) is 2.30. The molecule has 20 heavy (non-hydrogen) atoms. The van der Waals surface area contributed by atoms with Crippen molar-refractivity contribution in [3.63, 3.8) is 0 Å². The zero-order valence-corrected chi connectivity index (χ0v) is 10.1. The third-order valence-electron chi connectivity index (χ3n) is 2.21. The van der Waals surface area contributed by atoms with Gasteiger partial charge in [0, 0.05) is 12.3 Å². The predicted octanol–water partition coefficient (Wildman–Crippen LogP) is -2.47. The molecule has 1 aromatic rings. The van der Waals surface area contributed by atoms with Gasteiger partial charge in [-0.3, -0.25) is 28.7 Å². The molecule has 10 heteroatoms. The fraction of sp³-hybridized carbons (Fsp3) is 0.300. The molecular formula is C10H11N3O7. The van der Waals surface area contributed by atoms with Crippen molar-refractivity contribution in [3.8, 4) is 0 Å². The van der Waals surface area contributed by atoms with Crippen LogP contribution in [0.4, 0.5) is 0 Å². The van der Waals surface area contributed by atoms with Gasteiger partial charge in [-0.2, -0.15) is 0 Å². The van der Waals surface area contributed by atoms with Gasteiger partial charge in [-0.1, -0.05) is 0 Å². The van der Waals surface area contributed by atoms with Gasteiger partial charge in [-0.15, -0.1) is 0 Å². The van der Waals surface area contributed by atoms with Gasteiger partial charge in [-0.05, 0) is 0 Å². The molecule has 0 atom stereocenters. The first kappa shape index (κ1) is 15.1. The second-order valence-corrected chi connectivity index (χ2v) is 3.78. The highest BCUT2D eigenvalue weighted by atomic mass is 16.4. The summed E-state index contributed by atoms with van der Waals surface area (Å²) in [6.07, 6.45) is 1.05. The first-order valence-electron chi connectivity index (χ1n) is 5.30. The fourth-order valence-corrected chi connectivity index (χ4v) is 1.37. The van der Waals surface area contributed by atoms with E-state index in [2.05, 4.69) is 0 Å². The third kappa shape index (κ3) is 4.40. The minimum absolute atomic E-state index is 0.572. The summed E-state index contributed by atoms with van der Waals surface area (Å²) in [7, 11) is 0. The number of nitrogens with one attached hydrogen (secondary N) is 1. The van der Waals surface area contributed by atoms with Gasteiger partial charge in [0.1, 0.15) is 19.6 Å². The number of aromatic amines is 1. The Labute approximate surface area is 110 Å². The quantitative estimate of drug-likeness (QED) is 0.524. The number of aromatic nitrogens is 2. The number of carbonyl (C=O) groups is 3. The molecule has 0 aromatic carbocycles. The van der Waals surface area contributed by atoms with Gasteiger partial charge < -0.3 is 15.1 Å². The topological polar surface area (TPSA) is 150 Å². The van der Waals surface area contributed by atoms with E-state index in [4.69, 9.17) is 10.2 Å². The SMILES string of the molecule is O=C(O)CN(CC(=O)O)C(=O)Cn1ccc(=O)[nH]c1=O. The van der Waals surface area contributed by atoms with Crippen LogP contribution in [0.3, 0.4) is 0 Å². The lowest BCUT2D eigenvalue weighted by Gasteiger charge is -2.18. The van der Waals surface area contributed by atoms with Crippen molar-refractivity contribution in [2.75, 3.05) is 13.1 Å². The highest BCUT2D eigenvalue weighted by molar-refractivity contribution is 5.84. The van der Waals surface area contributed by atoms with E-state index in [1.54, 1.807) is 0 Å². The number of amides is 1. The van der Waals surface area contributed by atoms with Gasteiger partial charge in [0.05, 0.1) is 0 Å². The zero-order valence-electron chi connectivity index (χ0n) is 10.1. The van der Waals surface area contributed by atoms with Crippen LogP contribution < -0.4 is 11.2 Å². The van der Waals surface area contributed by atoms with Crippen molar-refractivity contribution in [3.05, 3.63) is 33.1 Å². The number of hydrogen-bond acceptors (Lipinski definition) is 5. The molecule has 1 amide bonds. The van der Waals surface area contributed by atoms with Gasteiger partial charge in [0.25, 0.3) is 5.56 Å². The van der Waals surface area contributed by atoms with Crippen LogP contribution in [-0.4, -0.2) is 55.6 Å². The van der Waals surface area contributed by atoms with E-state index in [9.17, 15) is 24.0 Å². The molecule has 10 nitrogen and oxygen atoms in total. The molecular weight excluding hydrogens is 274 g/mol. The van der Waals surface area contributed by atoms with Gasteiger partial charge in [0.2, 0.25) is 5.91 Å². The van der Waals surface area contributed by atoms with Crippen molar-refractivity contribution in [2.45, 2.75) is 6.54 Å². The average molecular weight is 285 g/mol. The number of hydrogen-bond donors (Lipinski definition) is 3. The standard InChI is InChI=1S/C10H11N3O7/c14-6-1-2-12(10(20)11-6)3-7(15)13(4-8(16)17)5-9(18)19/h1-2H,3-5H2,(H,16,17)(H,18,19)(H,11,14,20). The van der Waals surface area contributed by atoms with Crippen molar-refractivity contribution in [1.29, 1.82) is 0 Å². The van der Waals surface area contributed by atoms with Gasteiger partial charge in [-0.25, -0.2) is 4.79 Å². The van der Waals surface area contributed by atoms with Crippen LogP contribution in [0.5, 0.6) is 0 Å². The first-order chi connectivity index (χ1) is 9.29. The molecule has 3 N–H and O–H groups in total. The third-order valence-corrected chi connectivity index (χ3v) is 2.21. The van der Waals surface area contributed by atoms with Crippen LogP contribution in [0.25, 0.3) is 0 Å². The molecule has 1 aromatic heterocycles. The van der Waals surface area contributed by atoms with Crippen LogP contribution in [0.15, 0.2) is 21.9 Å². The van der Waals surface area contributed by atoms with Crippen LogP contribution in [0, 0.1) is 0 Å². The van der Waals surface area contributed by atoms with Gasteiger partial charge >= 0.3 is 17.6 Å². The molecule has 0 saturated heterocycles. The summed E-state index contributed by atoms with van der Waals surface area (Å²) in [6, 6.07) is 1.01. The van der Waals surface area contributed by atoms with E-state index in [0.717, 1.165) is 16.8 Å². The molecule has 0 aliphatic rings. The fourth-order valence-electron chi connectivity index (χ4n) is 1.37. The Hall–Kier alpha value is -2.91. The summed E-state index contributed by atoms with van der Waals surface area (Å²) in [5.41, 5.74) is -1.50. The second-order valence-electron chi connectivity index (χ2n) is 3.78. The molecule has 0 spiro atoms. The minimum atomic E-state index is -1.38. The molecule has 0 fully saturated rings. The van der Waals surface area contributed by atoms with E-state index in [1.165, 1.54) is 0 Å². The summed E-state index contributed by atoms with van der Waals surface area (Å²) >= 11 is 0. The van der Waals surface area contributed by atoms with Crippen LogP contribution in [-0.2, 0) is 20.9 Å². The Morgan fingerprint density at radius 2 is 1.70 bits per heavy atom. The molecule has 0 radical (unpaired) electrons. The molecule has 108 valence electrons. The number of carboxylic acid groups (broad SMARTS) is 2. The number of carbonyl (C=O) groups excluding carboxylic acids is 1. The van der Waals surface area contributed by atoms with Crippen molar-refractivity contribution >= 4 is 17.8 Å². The molecule has 0 saturated carbocycles. The molecule has 1 rings (SSSR count). The Morgan fingerprint density at radius 1 is 1.15 bits per heavy atom. The van der Waals surface area contributed by atoms with Crippen LogP contribution >= 0.6 is 0 Å². The first-order valence-corrected chi connectivity index (χ1v) is 5.30. The minimum Gasteiger partial charge on any atom is -0.480 e. The summed E-state index contributed by atoms with van der Waals surface area (Å²) in [5.74, 6) is -3.63. The second kappa shape index (κ2) is 6.31. The highest BCUT2D eigenvalue weighted by Crippen LogP contribution is 1.93. The number of H-pyrrole nitrogens is 1. The normalized spacial score (nSPS) is 10.0. The molecule has 0 bridgehead atoms. The van der Waals surface area contributed by atoms with E-state index in [1.807, 2.05) is 4.98 Å². The number of rotatable bonds is 6. The predicted molar refractivity (Wildman–Crippen MR) is 63.2 cm³/mol. The number of nitrogens with zero attached hydrogens (tertiary/aromatic N) is 2. The van der Waals surface area contributed by atoms with Crippen LogP contribution in [0.2, 0.25) is 0 Å². The van der Waals surface area contributed by atoms with E-state index >= 15 is 0 Å². The lowest BCUT2D eigenvalue weighted by molar-refractivity contribution is -0.149. The zero-order chi connectivity index (χ0) is 15.3.